The van der Waals surface area contributed by atoms with E-state index in [-0.39, 0.29) is 0 Å². The summed E-state index contributed by atoms with van der Waals surface area (Å²) in [6, 6.07) is 8.79. The number of aromatic amines is 1. The van der Waals surface area contributed by atoms with E-state index in [1.54, 1.807) is 0 Å². The van der Waals surface area contributed by atoms with Gasteiger partial charge in [-0.2, -0.15) is 5.10 Å². The van der Waals surface area contributed by atoms with E-state index >= 15 is 0 Å². The van der Waals surface area contributed by atoms with Gasteiger partial charge in [0.2, 0.25) is 0 Å². The van der Waals surface area contributed by atoms with E-state index in [1.807, 2.05) is 30.1 Å². The summed E-state index contributed by atoms with van der Waals surface area (Å²) in [6.45, 7) is 6.01. The fraction of sp³-hybridized carbons (Fsp3) is 0.375. The molecule has 0 fully saturated rings. The minimum atomic E-state index is 0.452. The molecule has 0 unspecified atom stereocenters. The molecule has 2 aromatic heterocycles. The molecule has 1 aromatic carbocycles. The highest BCUT2D eigenvalue weighted by Crippen LogP contribution is 2.13. The van der Waals surface area contributed by atoms with Crippen molar-refractivity contribution in [3.8, 4) is 0 Å². The minimum Gasteiger partial charge on any atom is -0.342 e. The first-order valence-electron chi connectivity index (χ1n) is 7.37. The standard InChI is InChI=1S/C16H21N5/c1-12(6-9-21-8-3-7-18-21)17-11-14-4-5-15-16(10-14)20-13(2)19-15/h3-5,7-8,10,12,17H,6,9,11H2,1-2H3,(H,19,20)/t12-/m0/s1. The van der Waals surface area contributed by atoms with Crippen LogP contribution in [0.25, 0.3) is 11.0 Å². The van der Waals surface area contributed by atoms with E-state index in [9.17, 15) is 0 Å². The molecule has 110 valence electrons. The molecule has 0 radical (unpaired) electrons. The molecule has 0 bridgehead atoms. The average Bonchev–Trinajstić information content (AvgIpc) is 3.10. The molecule has 3 aromatic rings. The lowest BCUT2D eigenvalue weighted by atomic mass is 10.1. The first-order valence-corrected chi connectivity index (χ1v) is 7.37. The van der Waals surface area contributed by atoms with E-state index in [0.29, 0.717) is 6.04 Å². The first kappa shape index (κ1) is 13.8. The molecule has 2 heterocycles. The number of H-pyrrole nitrogens is 1. The SMILES string of the molecule is Cc1nc2ccc(CN[C@@H](C)CCn3cccn3)cc2[nH]1. The van der Waals surface area contributed by atoms with Crippen molar-refractivity contribution in [2.24, 2.45) is 0 Å². The lowest BCUT2D eigenvalue weighted by Crippen LogP contribution is -2.26. The Morgan fingerprint density at radius 3 is 3.10 bits per heavy atom. The molecular weight excluding hydrogens is 262 g/mol. The molecule has 21 heavy (non-hydrogen) atoms. The van der Waals surface area contributed by atoms with E-state index in [1.165, 1.54) is 5.56 Å². The van der Waals surface area contributed by atoms with Crippen LogP contribution in [-0.4, -0.2) is 25.8 Å². The smallest absolute Gasteiger partial charge is 0.104 e. The van der Waals surface area contributed by atoms with Gasteiger partial charge in [0.05, 0.1) is 11.0 Å². The molecule has 3 rings (SSSR count). The van der Waals surface area contributed by atoms with Crippen LogP contribution >= 0.6 is 0 Å². The lowest BCUT2D eigenvalue weighted by molar-refractivity contribution is 0.458. The van der Waals surface area contributed by atoms with Gasteiger partial charge >= 0.3 is 0 Å². The summed E-state index contributed by atoms with van der Waals surface area (Å²) < 4.78 is 1.97. The quantitative estimate of drug-likeness (QED) is 0.731. The number of nitrogens with zero attached hydrogens (tertiary/aromatic N) is 3. The average molecular weight is 283 g/mol. The van der Waals surface area contributed by atoms with Crippen LogP contribution in [0.1, 0.15) is 24.7 Å². The summed E-state index contributed by atoms with van der Waals surface area (Å²) in [5, 5.41) is 7.78. The van der Waals surface area contributed by atoms with Crippen molar-refractivity contribution in [3.63, 3.8) is 0 Å². The Balaban J connectivity index is 1.53. The summed E-state index contributed by atoms with van der Waals surface area (Å²) in [5.74, 6) is 0.961. The Labute approximate surface area is 124 Å². The maximum atomic E-state index is 4.42. The lowest BCUT2D eigenvalue weighted by Gasteiger charge is -2.13. The van der Waals surface area contributed by atoms with Gasteiger partial charge in [0.15, 0.2) is 0 Å². The molecule has 0 saturated carbocycles. The highest BCUT2D eigenvalue weighted by atomic mass is 15.3. The molecular formula is C16H21N5. The number of aromatic nitrogens is 4. The van der Waals surface area contributed by atoms with Crippen molar-refractivity contribution in [3.05, 3.63) is 48.0 Å². The van der Waals surface area contributed by atoms with Gasteiger partial charge in [-0.05, 0) is 44.0 Å². The van der Waals surface area contributed by atoms with Crippen LogP contribution in [-0.2, 0) is 13.1 Å². The second-order valence-corrected chi connectivity index (χ2v) is 5.51. The molecule has 0 aliphatic heterocycles. The molecule has 1 atom stereocenters. The van der Waals surface area contributed by atoms with Crippen molar-refractivity contribution in [1.29, 1.82) is 0 Å². The normalized spacial score (nSPS) is 12.9. The van der Waals surface area contributed by atoms with Gasteiger partial charge in [0, 0.05) is 31.5 Å². The fourth-order valence-electron chi connectivity index (χ4n) is 2.45. The second-order valence-electron chi connectivity index (χ2n) is 5.51. The van der Waals surface area contributed by atoms with Crippen molar-refractivity contribution in [1.82, 2.24) is 25.1 Å². The molecule has 2 N–H and O–H groups in total. The monoisotopic (exact) mass is 283 g/mol. The van der Waals surface area contributed by atoms with Gasteiger partial charge in [0.1, 0.15) is 5.82 Å². The predicted octanol–water partition coefficient (Wildman–Crippen LogP) is 2.64. The number of aryl methyl sites for hydroxylation is 2. The van der Waals surface area contributed by atoms with Crippen LogP contribution in [0.4, 0.5) is 0 Å². The highest BCUT2D eigenvalue weighted by molar-refractivity contribution is 5.75. The number of rotatable bonds is 6. The molecule has 5 nitrogen and oxygen atoms in total. The van der Waals surface area contributed by atoms with E-state index in [4.69, 9.17) is 0 Å². The number of imidazole rings is 1. The topological polar surface area (TPSA) is 58.5 Å². The number of hydrogen-bond acceptors (Lipinski definition) is 3. The Morgan fingerprint density at radius 2 is 2.29 bits per heavy atom. The van der Waals surface area contributed by atoms with Crippen molar-refractivity contribution >= 4 is 11.0 Å². The zero-order chi connectivity index (χ0) is 14.7. The number of benzene rings is 1. The Morgan fingerprint density at radius 1 is 1.38 bits per heavy atom. The van der Waals surface area contributed by atoms with Gasteiger partial charge in [-0.25, -0.2) is 4.98 Å². The van der Waals surface area contributed by atoms with E-state index in [2.05, 4.69) is 45.5 Å². The Hall–Kier alpha value is -2.14. The van der Waals surface area contributed by atoms with Crippen molar-refractivity contribution in [2.45, 2.75) is 39.4 Å². The molecule has 0 aliphatic rings. The zero-order valence-corrected chi connectivity index (χ0v) is 12.5. The van der Waals surface area contributed by atoms with Crippen LogP contribution in [0.3, 0.4) is 0 Å². The van der Waals surface area contributed by atoms with Crippen LogP contribution in [0.2, 0.25) is 0 Å². The number of nitrogens with one attached hydrogen (secondary N) is 2. The Bertz CT molecular complexity index is 699. The molecule has 0 amide bonds. The predicted molar refractivity (Wildman–Crippen MR) is 84.0 cm³/mol. The van der Waals surface area contributed by atoms with Gasteiger partial charge < -0.3 is 10.3 Å². The van der Waals surface area contributed by atoms with Crippen molar-refractivity contribution < 1.29 is 0 Å². The molecule has 0 saturated heterocycles. The van der Waals surface area contributed by atoms with E-state index in [0.717, 1.165) is 36.4 Å². The third kappa shape index (κ3) is 3.49. The van der Waals surface area contributed by atoms with Crippen LogP contribution in [0.15, 0.2) is 36.7 Å². The van der Waals surface area contributed by atoms with Gasteiger partial charge in [0.25, 0.3) is 0 Å². The number of fused-ring (bicyclic) bond motifs is 1. The third-order valence-electron chi connectivity index (χ3n) is 3.67. The largest absolute Gasteiger partial charge is 0.342 e. The molecule has 0 aliphatic carbocycles. The molecule has 5 heteroatoms. The van der Waals surface area contributed by atoms with Gasteiger partial charge in [-0.15, -0.1) is 0 Å². The highest BCUT2D eigenvalue weighted by Gasteiger charge is 2.04. The fourth-order valence-corrected chi connectivity index (χ4v) is 2.45. The zero-order valence-electron chi connectivity index (χ0n) is 12.5. The maximum absolute atomic E-state index is 4.42. The van der Waals surface area contributed by atoms with Crippen LogP contribution in [0.5, 0.6) is 0 Å². The van der Waals surface area contributed by atoms with Crippen LogP contribution in [0, 0.1) is 6.92 Å². The van der Waals surface area contributed by atoms with Crippen molar-refractivity contribution in [2.75, 3.05) is 0 Å². The minimum absolute atomic E-state index is 0.452. The Kier molecular flexibility index (Phi) is 4.01. The number of hydrogen-bond donors (Lipinski definition) is 2. The summed E-state index contributed by atoms with van der Waals surface area (Å²) >= 11 is 0. The second kappa shape index (κ2) is 6.10. The summed E-state index contributed by atoms with van der Waals surface area (Å²) in [7, 11) is 0. The maximum Gasteiger partial charge on any atom is 0.104 e. The summed E-state index contributed by atoms with van der Waals surface area (Å²) in [6.07, 6.45) is 4.88. The van der Waals surface area contributed by atoms with Crippen LogP contribution < -0.4 is 5.32 Å². The summed E-state index contributed by atoms with van der Waals surface area (Å²) in [5.41, 5.74) is 3.41. The molecule has 0 spiro atoms. The van der Waals surface area contributed by atoms with E-state index < -0.39 is 0 Å². The van der Waals surface area contributed by atoms with Gasteiger partial charge in [-0.3, -0.25) is 4.68 Å². The summed E-state index contributed by atoms with van der Waals surface area (Å²) in [4.78, 5) is 7.70. The van der Waals surface area contributed by atoms with Gasteiger partial charge in [-0.1, -0.05) is 6.07 Å². The third-order valence-corrected chi connectivity index (χ3v) is 3.67. The first-order chi connectivity index (χ1) is 10.2.